The van der Waals surface area contributed by atoms with Crippen molar-refractivity contribution in [3.8, 4) is 0 Å². The van der Waals surface area contributed by atoms with Gasteiger partial charge in [0.25, 0.3) is 11.8 Å². The Morgan fingerprint density at radius 3 is 2.10 bits per heavy atom. The molecule has 0 saturated carbocycles. The molecule has 0 heterocycles. The van der Waals surface area contributed by atoms with Gasteiger partial charge in [0.2, 0.25) is 5.91 Å². The molecule has 2 rings (SSSR count). The molecule has 0 aliphatic heterocycles. The molecule has 0 radical (unpaired) electrons. The van der Waals surface area contributed by atoms with Crippen molar-refractivity contribution in [3.63, 3.8) is 0 Å². The van der Waals surface area contributed by atoms with E-state index in [1.165, 1.54) is 6.07 Å². The Morgan fingerprint density at radius 1 is 0.905 bits per heavy atom. The first-order valence-electron chi connectivity index (χ1n) is 14.7. The van der Waals surface area contributed by atoms with Gasteiger partial charge in [-0.2, -0.15) is 0 Å². The molecular weight excluding hydrogens is 542 g/mol. The van der Waals surface area contributed by atoms with Gasteiger partial charge in [0.15, 0.2) is 0 Å². The van der Waals surface area contributed by atoms with Crippen LogP contribution in [0.25, 0.3) is 0 Å². The topological polar surface area (TPSA) is 102 Å². The predicted octanol–water partition coefficient (Wildman–Crippen LogP) is 4.02. The molecule has 0 aromatic heterocycles. The van der Waals surface area contributed by atoms with Crippen LogP contribution in [-0.2, 0) is 11.2 Å². The summed E-state index contributed by atoms with van der Waals surface area (Å²) in [5, 5.41) is 16.9. The lowest BCUT2D eigenvalue weighted by molar-refractivity contribution is -0.126. The van der Waals surface area contributed by atoms with Crippen LogP contribution in [0.4, 0.5) is 8.78 Å². The fraction of sp³-hybridized carbons (Fsp3) is 0.531. The molecule has 2 aromatic rings. The van der Waals surface area contributed by atoms with Crippen molar-refractivity contribution in [3.05, 3.63) is 70.8 Å². The number of aliphatic hydroxyl groups is 1. The lowest BCUT2D eigenvalue weighted by Gasteiger charge is -2.27. The van der Waals surface area contributed by atoms with Gasteiger partial charge < -0.3 is 25.5 Å². The molecule has 1 unspecified atom stereocenters. The Balaban J connectivity index is 2.28. The van der Waals surface area contributed by atoms with Crippen LogP contribution in [0.2, 0.25) is 0 Å². The molecule has 0 aliphatic rings. The maximum absolute atomic E-state index is 14.0. The second kappa shape index (κ2) is 17.6. The number of hydrogen-bond acceptors (Lipinski definition) is 5. The first-order chi connectivity index (χ1) is 20.0. The van der Waals surface area contributed by atoms with Crippen molar-refractivity contribution >= 4 is 17.7 Å². The number of benzene rings is 2. The Morgan fingerprint density at radius 2 is 1.52 bits per heavy atom. The van der Waals surface area contributed by atoms with Crippen LogP contribution < -0.4 is 10.6 Å². The SMILES string of the molecule is CCCN(CCC)C(=O)c1cccc(C(=O)NC(Cc2cc(F)cc(F)c2)[C@@H](O)C[C@@H](CC)C(=O)NCCN(C)C)c1. The van der Waals surface area contributed by atoms with Crippen LogP contribution in [-0.4, -0.2) is 85.0 Å². The van der Waals surface area contributed by atoms with Crippen LogP contribution in [0.3, 0.4) is 0 Å². The maximum Gasteiger partial charge on any atom is 0.253 e. The zero-order chi connectivity index (χ0) is 31.2. The van der Waals surface area contributed by atoms with Crippen LogP contribution in [0.1, 0.15) is 72.7 Å². The summed E-state index contributed by atoms with van der Waals surface area (Å²) in [6.07, 6.45) is 0.834. The largest absolute Gasteiger partial charge is 0.391 e. The third-order valence-corrected chi connectivity index (χ3v) is 7.05. The van der Waals surface area contributed by atoms with E-state index in [-0.39, 0.29) is 35.8 Å². The number of nitrogens with zero attached hydrogens (tertiary/aromatic N) is 2. The molecule has 42 heavy (non-hydrogen) atoms. The minimum Gasteiger partial charge on any atom is -0.391 e. The highest BCUT2D eigenvalue weighted by Crippen LogP contribution is 2.19. The first kappa shape index (κ1) is 34.8. The summed E-state index contributed by atoms with van der Waals surface area (Å²) in [6.45, 7) is 8.13. The smallest absolute Gasteiger partial charge is 0.253 e. The average Bonchev–Trinajstić information content (AvgIpc) is 2.94. The molecule has 232 valence electrons. The minimum atomic E-state index is -1.20. The van der Waals surface area contributed by atoms with E-state index >= 15 is 0 Å². The van der Waals surface area contributed by atoms with Gasteiger partial charge in [-0.25, -0.2) is 8.78 Å². The Bertz CT molecular complexity index is 1150. The molecule has 3 N–H and O–H groups in total. The molecule has 3 atom stereocenters. The van der Waals surface area contributed by atoms with E-state index in [0.29, 0.717) is 38.2 Å². The number of carbonyl (C=O) groups excluding carboxylic acids is 3. The van der Waals surface area contributed by atoms with E-state index in [1.54, 1.807) is 23.1 Å². The quantitative estimate of drug-likeness (QED) is 0.259. The second-order valence-corrected chi connectivity index (χ2v) is 10.9. The van der Waals surface area contributed by atoms with E-state index in [9.17, 15) is 28.3 Å². The molecule has 0 fully saturated rings. The molecule has 3 amide bonds. The standard InChI is InChI=1S/C32H46F2N4O4/c1-6-13-38(14-7-2)32(42)25-11-9-10-24(19-25)31(41)36-28(18-22-16-26(33)21-27(34)17-22)29(39)20-23(8-3)30(40)35-12-15-37(4)5/h9-11,16-17,19,21,23,28-29,39H,6-8,12-15,18,20H2,1-5H3,(H,35,40)(H,36,41)/t23-,28?,29+/m1/s1. The van der Waals surface area contributed by atoms with Crippen LogP contribution in [0.15, 0.2) is 42.5 Å². The summed E-state index contributed by atoms with van der Waals surface area (Å²) >= 11 is 0. The number of amides is 3. The summed E-state index contributed by atoms with van der Waals surface area (Å²) in [5.74, 6) is -3.01. The lowest BCUT2D eigenvalue weighted by atomic mass is 9.91. The Hall–Kier alpha value is -3.37. The van der Waals surface area contributed by atoms with Gasteiger partial charge in [0, 0.05) is 49.3 Å². The fourth-order valence-corrected chi connectivity index (χ4v) is 4.81. The molecule has 0 aliphatic carbocycles. The zero-order valence-electron chi connectivity index (χ0n) is 25.5. The zero-order valence-corrected chi connectivity index (χ0v) is 25.5. The number of rotatable bonds is 17. The molecule has 8 nitrogen and oxygen atoms in total. The van der Waals surface area contributed by atoms with Gasteiger partial charge in [-0.1, -0.05) is 26.8 Å². The van der Waals surface area contributed by atoms with Crippen LogP contribution in [0.5, 0.6) is 0 Å². The maximum atomic E-state index is 14.0. The number of halogens is 2. The number of hydrogen-bond donors (Lipinski definition) is 3. The summed E-state index contributed by atoms with van der Waals surface area (Å²) in [4.78, 5) is 43.0. The monoisotopic (exact) mass is 588 g/mol. The van der Waals surface area contributed by atoms with Crippen LogP contribution in [0, 0.1) is 17.6 Å². The van der Waals surface area contributed by atoms with Gasteiger partial charge in [0.1, 0.15) is 11.6 Å². The van der Waals surface area contributed by atoms with Crippen molar-refractivity contribution in [2.75, 3.05) is 40.3 Å². The number of carbonyl (C=O) groups is 3. The average molecular weight is 589 g/mol. The second-order valence-electron chi connectivity index (χ2n) is 10.9. The summed E-state index contributed by atoms with van der Waals surface area (Å²) in [6, 6.07) is 8.44. The normalized spacial score (nSPS) is 13.4. The fourth-order valence-electron chi connectivity index (χ4n) is 4.81. The van der Waals surface area contributed by atoms with Gasteiger partial charge >= 0.3 is 0 Å². The highest BCUT2D eigenvalue weighted by molar-refractivity contribution is 5.99. The van der Waals surface area contributed by atoms with E-state index in [4.69, 9.17) is 0 Å². The van der Waals surface area contributed by atoms with Crippen molar-refractivity contribution in [1.82, 2.24) is 20.4 Å². The first-order valence-corrected chi connectivity index (χ1v) is 14.7. The van der Waals surface area contributed by atoms with E-state index in [1.807, 2.05) is 39.8 Å². The minimum absolute atomic E-state index is 0.0363. The number of aliphatic hydroxyl groups excluding tert-OH is 1. The van der Waals surface area contributed by atoms with Crippen LogP contribution >= 0.6 is 0 Å². The van der Waals surface area contributed by atoms with Crippen molar-refractivity contribution in [2.24, 2.45) is 5.92 Å². The molecule has 2 aromatic carbocycles. The number of likely N-dealkylation sites (N-methyl/N-ethyl adjacent to an activating group) is 1. The molecule has 0 saturated heterocycles. The van der Waals surface area contributed by atoms with Crippen molar-refractivity contribution in [2.45, 2.75) is 65.0 Å². The van der Waals surface area contributed by atoms with E-state index in [2.05, 4.69) is 10.6 Å². The predicted molar refractivity (Wildman–Crippen MR) is 160 cm³/mol. The number of nitrogens with one attached hydrogen (secondary N) is 2. The van der Waals surface area contributed by atoms with Gasteiger partial charge in [-0.3, -0.25) is 14.4 Å². The summed E-state index contributed by atoms with van der Waals surface area (Å²) in [5.41, 5.74) is 0.832. The van der Waals surface area contributed by atoms with Gasteiger partial charge in [-0.15, -0.1) is 0 Å². The van der Waals surface area contributed by atoms with Crippen molar-refractivity contribution < 1.29 is 28.3 Å². The molecular formula is C32H46F2N4O4. The van der Waals surface area contributed by atoms with E-state index in [0.717, 1.165) is 31.0 Å². The molecule has 0 spiro atoms. The third-order valence-electron chi connectivity index (χ3n) is 7.05. The Kier molecular flexibility index (Phi) is 14.6. The lowest BCUT2D eigenvalue weighted by Crippen LogP contribution is -2.47. The Labute approximate surface area is 248 Å². The molecule has 0 bridgehead atoms. The van der Waals surface area contributed by atoms with Crippen molar-refractivity contribution in [1.29, 1.82) is 0 Å². The summed E-state index contributed by atoms with van der Waals surface area (Å²) < 4.78 is 27.9. The third kappa shape index (κ3) is 11.1. The highest BCUT2D eigenvalue weighted by Gasteiger charge is 2.28. The van der Waals surface area contributed by atoms with E-state index < -0.39 is 35.6 Å². The summed E-state index contributed by atoms with van der Waals surface area (Å²) in [7, 11) is 3.79. The molecule has 10 heteroatoms. The highest BCUT2D eigenvalue weighted by atomic mass is 19.1. The van der Waals surface area contributed by atoms with Gasteiger partial charge in [-0.05, 0) is 82.1 Å². The van der Waals surface area contributed by atoms with Gasteiger partial charge in [0.05, 0.1) is 12.1 Å².